The lowest BCUT2D eigenvalue weighted by Crippen LogP contribution is -1.99. The van der Waals surface area contributed by atoms with E-state index in [2.05, 4.69) is 25.9 Å². The molecule has 0 saturated heterocycles. The van der Waals surface area contributed by atoms with Crippen LogP contribution in [0.1, 0.15) is 10.4 Å². The van der Waals surface area contributed by atoms with Gasteiger partial charge in [0.2, 0.25) is 0 Å². The van der Waals surface area contributed by atoms with Gasteiger partial charge in [0.1, 0.15) is 16.4 Å². The van der Waals surface area contributed by atoms with Gasteiger partial charge in [-0.25, -0.2) is 14.8 Å². The molecule has 6 heteroatoms. The highest BCUT2D eigenvalue weighted by molar-refractivity contribution is 9.10. The Hall–Kier alpha value is -2.21. The van der Waals surface area contributed by atoms with E-state index in [0.717, 1.165) is 5.52 Å². The highest BCUT2D eigenvalue weighted by Gasteiger charge is 2.09. The summed E-state index contributed by atoms with van der Waals surface area (Å²) in [6, 6.07) is 10.3. The number of fused-ring (bicyclic) bond motifs is 1. The van der Waals surface area contributed by atoms with Crippen LogP contribution in [0.25, 0.3) is 16.9 Å². The Kier molecular flexibility index (Phi) is 2.79. The van der Waals surface area contributed by atoms with Crippen LogP contribution in [0, 0.1) is 0 Å². The van der Waals surface area contributed by atoms with E-state index in [4.69, 9.17) is 5.11 Å². The van der Waals surface area contributed by atoms with E-state index in [0.29, 0.717) is 15.9 Å². The Morgan fingerprint density at radius 2 is 2.11 bits per heavy atom. The van der Waals surface area contributed by atoms with E-state index in [-0.39, 0.29) is 5.56 Å². The third-order valence-corrected chi connectivity index (χ3v) is 3.17. The first-order valence-corrected chi connectivity index (χ1v) is 6.28. The maximum atomic E-state index is 11.0. The number of halogens is 1. The zero-order valence-corrected chi connectivity index (χ0v) is 11.2. The highest BCUT2D eigenvalue weighted by atomic mass is 79.9. The summed E-state index contributed by atoms with van der Waals surface area (Å²) in [5.74, 6) is -0.958. The lowest BCUT2D eigenvalue weighted by atomic mass is 10.2. The summed E-state index contributed by atoms with van der Waals surface area (Å²) in [6.07, 6.45) is 1.63. The fourth-order valence-corrected chi connectivity index (χ4v) is 2.15. The molecule has 0 bridgehead atoms. The molecule has 3 rings (SSSR count). The van der Waals surface area contributed by atoms with Gasteiger partial charge in [0, 0.05) is 5.69 Å². The molecule has 2 aromatic heterocycles. The zero-order valence-electron chi connectivity index (χ0n) is 9.62. The first-order chi connectivity index (χ1) is 9.15. The van der Waals surface area contributed by atoms with Gasteiger partial charge in [-0.15, -0.1) is 0 Å². The monoisotopic (exact) mass is 317 g/mol. The minimum Gasteiger partial charge on any atom is -0.478 e. The first-order valence-electron chi connectivity index (χ1n) is 5.48. The second-order valence-corrected chi connectivity index (χ2v) is 4.76. The molecular formula is C13H8BrN3O2. The summed E-state index contributed by atoms with van der Waals surface area (Å²) in [6.45, 7) is 0. The van der Waals surface area contributed by atoms with Crippen molar-refractivity contribution in [3.8, 4) is 5.69 Å². The Morgan fingerprint density at radius 3 is 2.89 bits per heavy atom. The van der Waals surface area contributed by atoms with Gasteiger partial charge in [0.25, 0.3) is 0 Å². The average Bonchev–Trinajstić information content (AvgIpc) is 2.81. The highest BCUT2D eigenvalue weighted by Crippen LogP contribution is 2.19. The molecule has 0 unspecified atom stereocenters. The Morgan fingerprint density at radius 1 is 1.26 bits per heavy atom. The lowest BCUT2D eigenvalue weighted by Gasteiger charge is -2.04. The molecule has 0 amide bonds. The minimum absolute atomic E-state index is 0.231. The van der Waals surface area contributed by atoms with Gasteiger partial charge in [-0.2, -0.15) is 0 Å². The van der Waals surface area contributed by atoms with E-state index < -0.39 is 5.97 Å². The van der Waals surface area contributed by atoms with Crippen molar-refractivity contribution in [1.82, 2.24) is 14.5 Å². The van der Waals surface area contributed by atoms with Gasteiger partial charge < -0.3 is 5.11 Å². The zero-order chi connectivity index (χ0) is 13.4. The van der Waals surface area contributed by atoms with E-state index in [9.17, 15) is 4.79 Å². The molecule has 5 nitrogen and oxygen atoms in total. The third-order valence-electron chi connectivity index (χ3n) is 2.73. The van der Waals surface area contributed by atoms with E-state index in [1.54, 1.807) is 29.1 Å². The number of hydrogen-bond acceptors (Lipinski definition) is 3. The third kappa shape index (κ3) is 2.10. The van der Waals surface area contributed by atoms with Crippen molar-refractivity contribution in [3.05, 3.63) is 52.9 Å². The molecule has 0 aliphatic carbocycles. The van der Waals surface area contributed by atoms with E-state index >= 15 is 0 Å². The summed E-state index contributed by atoms with van der Waals surface area (Å²) < 4.78 is 2.46. The van der Waals surface area contributed by atoms with Crippen LogP contribution in [-0.2, 0) is 0 Å². The molecule has 0 spiro atoms. The predicted molar refractivity (Wildman–Crippen MR) is 73.5 cm³/mol. The van der Waals surface area contributed by atoms with Gasteiger partial charge in [-0.3, -0.25) is 4.57 Å². The van der Waals surface area contributed by atoms with Crippen molar-refractivity contribution in [3.63, 3.8) is 0 Å². The van der Waals surface area contributed by atoms with Crippen molar-refractivity contribution in [2.45, 2.75) is 0 Å². The maximum absolute atomic E-state index is 11.0. The smallest absolute Gasteiger partial charge is 0.335 e. The average molecular weight is 318 g/mol. The predicted octanol–water partition coefficient (Wildman–Crippen LogP) is 2.88. The van der Waals surface area contributed by atoms with Crippen LogP contribution in [0.15, 0.2) is 47.3 Å². The molecule has 19 heavy (non-hydrogen) atoms. The Balaban J connectivity index is 2.21. The standard InChI is InChI=1S/C13H8BrN3O2/c14-11-5-4-10-12(16-11)17(7-15-10)9-3-1-2-8(6-9)13(18)19/h1-7H,(H,18,19). The van der Waals surface area contributed by atoms with Crippen LogP contribution in [0.2, 0.25) is 0 Å². The second-order valence-electron chi connectivity index (χ2n) is 3.95. The number of aromatic nitrogens is 3. The summed E-state index contributed by atoms with van der Waals surface area (Å²) in [5, 5.41) is 9.02. The number of rotatable bonds is 2. The molecule has 1 N–H and O–H groups in total. The summed E-state index contributed by atoms with van der Waals surface area (Å²) in [5.41, 5.74) is 2.38. The largest absolute Gasteiger partial charge is 0.478 e. The van der Waals surface area contributed by atoms with Crippen molar-refractivity contribution in [2.75, 3.05) is 0 Å². The SMILES string of the molecule is O=C(O)c1cccc(-n2cnc3ccc(Br)nc32)c1. The molecule has 1 aromatic carbocycles. The van der Waals surface area contributed by atoms with Crippen LogP contribution < -0.4 is 0 Å². The van der Waals surface area contributed by atoms with Crippen molar-refractivity contribution in [1.29, 1.82) is 0 Å². The minimum atomic E-state index is -0.958. The number of carbonyl (C=O) groups is 1. The van der Waals surface area contributed by atoms with Crippen molar-refractivity contribution < 1.29 is 9.90 Å². The summed E-state index contributed by atoms with van der Waals surface area (Å²) in [4.78, 5) is 19.6. The fourth-order valence-electron chi connectivity index (χ4n) is 1.85. The number of hydrogen-bond donors (Lipinski definition) is 1. The maximum Gasteiger partial charge on any atom is 0.335 e. The summed E-state index contributed by atoms with van der Waals surface area (Å²) >= 11 is 3.32. The fraction of sp³-hybridized carbons (Fsp3) is 0. The van der Waals surface area contributed by atoms with Crippen molar-refractivity contribution in [2.24, 2.45) is 0 Å². The van der Waals surface area contributed by atoms with Crippen LogP contribution in [0.3, 0.4) is 0 Å². The van der Waals surface area contributed by atoms with Crippen LogP contribution >= 0.6 is 15.9 Å². The normalized spacial score (nSPS) is 10.8. The molecule has 3 aromatic rings. The molecule has 0 aliphatic rings. The molecule has 0 aliphatic heterocycles. The van der Waals surface area contributed by atoms with E-state index in [1.165, 1.54) is 0 Å². The number of benzene rings is 1. The van der Waals surface area contributed by atoms with Crippen LogP contribution in [0.5, 0.6) is 0 Å². The molecule has 0 saturated carbocycles. The van der Waals surface area contributed by atoms with Crippen molar-refractivity contribution >= 4 is 33.1 Å². The van der Waals surface area contributed by atoms with Gasteiger partial charge in [0.05, 0.1) is 5.56 Å². The van der Waals surface area contributed by atoms with Crippen LogP contribution in [0.4, 0.5) is 0 Å². The molecule has 0 atom stereocenters. The number of imidazole rings is 1. The molecule has 2 heterocycles. The molecule has 0 fully saturated rings. The first kappa shape index (κ1) is 11.9. The number of aromatic carboxylic acids is 1. The Bertz CT molecular complexity index is 782. The number of carboxylic acids is 1. The quantitative estimate of drug-likeness (QED) is 0.738. The Labute approximate surface area is 116 Å². The molecule has 0 radical (unpaired) electrons. The summed E-state index contributed by atoms with van der Waals surface area (Å²) in [7, 11) is 0. The van der Waals surface area contributed by atoms with Gasteiger partial charge in [-0.05, 0) is 46.3 Å². The number of carboxylic acid groups (broad SMARTS) is 1. The van der Waals surface area contributed by atoms with Crippen LogP contribution in [-0.4, -0.2) is 25.6 Å². The molecular weight excluding hydrogens is 310 g/mol. The second kappa shape index (κ2) is 4.47. The number of pyridine rings is 1. The molecule has 94 valence electrons. The van der Waals surface area contributed by atoms with Gasteiger partial charge >= 0.3 is 5.97 Å². The van der Waals surface area contributed by atoms with Gasteiger partial charge in [0.15, 0.2) is 5.65 Å². The number of nitrogens with zero attached hydrogens (tertiary/aromatic N) is 3. The van der Waals surface area contributed by atoms with E-state index in [1.807, 2.05) is 18.2 Å². The van der Waals surface area contributed by atoms with Gasteiger partial charge in [-0.1, -0.05) is 6.07 Å². The lowest BCUT2D eigenvalue weighted by molar-refractivity contribution is 0.0697. The topological polar surface area (TPSA) is 68.0 Å².